The molecule has 0 spiro atoms. The molecule has 0 bridgehead atoms. The van der Waals surface area contributed by atoms with Crippen LogP contribution < -0.4 is 9.47 Å². The lowest BCUT2D eigenvalue weighted by Crippen LogP contribution is -2.45. The summed E-state index contributed by atoms with van der Waals surface area (Å²) in [7, 11) is 0. The van der Waals surface area contributed by atoms with Crippen molar-refractivity contribution < 1.29 is 45.7 Å². The number of alkyl halides is 4. The molecule has 2 aromatic rings. The molecule has 0 aliphatic heterocycles. The molecule has 0 atom stereocenters. The predicted octanol–water partition coefficient (Wildman–Crippen LogP) is 5.67. The van der Waals surface area contributed by atoms with E-state index in [1.54, 1.807) is 0 Å². The second-order valence-corrected chi connectivity index (χ2v) is 6.32. The topological polar surface area (TPSA) is 59.0 Å². The molecule has 1 N–H and O–H groups in total. The van der Waals surface area contributed by atoms with Crippen molar-refractivity contribution >= 4 is 17.7 Å². The molecule has 0 heterocycles. The molecular formula is C18H14ClF6NO4. The van der Waals surface area contributed by atoms with Gasteiger partial charge in [-0.15, -0.1) is 0 Å². The van der Waals surface area contributed by atoms with E-state index in [1.807, 2.05) is 0 Å². The molecule has 5 nitrogen and oxygen atoms in total. The van der Waals surface area contributed by atoms with E-state index in [-0.39, 0.29) is 27.2 Å². The zero-order chi connectivity index (χ0) is 22.5. The largest absolute Gasteiger partial charge is 0.490 e. The molecule has 0 saturated heterocycles. The Morgan fingerprint density at radius 1 is 1.10 bits per heavy atom. The number of ether oxygens (including phenoxy) is 2. The van der Waals surface area contributed by atoms with Gasteiger partial charge in [-0.3, -0.25) is 4.90 Å². The number of hydrogen-bond donors (Lipinski definition) is 1. The number of nitrogens with zero attached hydrogens (tertiary/aromatic N) is 1. The van der Waals surface area contributed by atoms with Crippen molar-refractivity contribution in [3.05, 3.63) is 53.1 Å². The van der Waals surface area contributed by atoms with Crippen molar-refractivity contribution in [1.82, 2.24) is 4.90 Å². The second-order valence-electron chi connectivity index (χ2n) is 5.91. The summed E-state index contributed by atoms with van der Waals surface area (Å²) >= 11 is 5.98. The number of hydrogen-bond acceptors (Lipinski definition) is 3. The third kappa shape index (κ3) is 6.61. The Labute approximate surface area is 171 Å². The summed E-state index contributed by atoms with van der Waals surface area (Å²) in [6.07, 6.45) is -5.84. The Bertz CT molecular complexity index is 879. The van der Waals surface area contributed by atoms with Crippen LogP contribution >= 0.6 is 11.6 Å². The predicted molar refractivity (Wildman–Crippen MR) is 93.9 cm³/mol. The summed E-state index contributed by atoms with van der Waals surface area (Å²) in [6.45, 7) is -2.79. The molecule has 164 valence electrons. The highest BCUT2D eigenvalue weighted by molar-refractivity contribution is 6.32. The van der Waals surface area contributed by atoms with Crippen LogP contribution in [0.3, 0.4) is 0 Å². The molecule has 0 aliphatic carbocycles. The Hall–Kier alpha value is -2.82. The number of rotatable bonds is 9. The molecule has 0 aromatic heterocycles. The van der Waals surface area contributed by atoms with Gasteiger partial charge in [-0.1, -0.05) is 11.6 Å². The molecule has 2 aromatic carbocycles. The first-order chi connectivity index (χ1) is 14.0. The molecule has 0 radical (unpaired) electrons. The lowest BCUT2D eigenvalue weighted by molar-refractivity contribution is -0.139. The summed E-state index contributed by atoms with van der Waals surface area (Å²) < 4.78 is 87.4. The van der Waals surface area contributed by atoms with Gasteiger partial charge in [-0.25, -0.2) is 22.4 Å². The lowest BCUT2D eigenvalue weighted by atomic mass is 10.3. The summed E-state index contributed by atoms with van der Waals surface area (Å²) in [4.78, 5) is 11.1. The van der Waals surface area contributed by atoms with Crippen LogP contribution in [-0.4, -0.2) is 48.1 Å². The van der Waals surface area contributed by atoms with E-state index in [4.69, 9.17) is 26.2 Å². The monoisotopic (exact) mass is 457 g/mol. The second kappa shape index (κ2) is 9.79. The zero-order valence-electron chi connectivity index (χ0n) is 14.9. The normalized spacial score (nSPS) is 11.5. The van der Waals surface area contributed by atoms with Crippen LogP contribution in [0.15, 0.2) is 36.4 Å². The first-order valence-electron chi connectivity index (χ1n) is 8.18. The maximum absolute atomic E-state index is 13.2. The first kappa shape index (κ1) is 23.5. The van der Waals surface area contributed by atoms with Gasteiger partial charge in [0.15, 0.2) is 0 Å². The van der Waals surface area contributed by atoms with Crippen LogP contribution in [0.1, 0.15) is 0 Å². The van der Waals surface area contributed by atoms with E-state index in [9.17, 15) is 31.1 Å². The number of halogens is 7. The van der Waals surface area contributed by atoms with E-state index in [2.05, 4.69) is 0 Å². The van der Waals surface area contributed by atoms with E-state index < -0.39 is 49.8 Å². The average Bonchev–Trinajstić information content (AvgIpc) is 2.61. The highest BCUT2D eigenvalue weighted by Crippen LogP contribution is 2.32. The van der Waals surface area contributed by atoms with E-state index in [0.29, 0.717) is 6.07 Å². The van der Waals surface area contributed by atoms with Crippen molar-refractivity contribution in [3.8, 4) is 17.2 Å². The molecule has 1 amide bonds. The maximum atomic E-state index is 13.2. The quantitative estimate of drug-likeness (QED) is 0.493. The van der Waals surface area contributed by atoms with Crippen LogP contribution in [0, 0.1) is 11.6 Å². The van der Waals surface area contributed by atoms with Crippen molar-refractivity contribution in [3.63, 3.8) is 0 Å². The summed E-state index contributed by atoms with van der Waals surface area (Å²) in [5, 5.41) is 8.84. The molecule has 0 saturated carbocycles. The molecule has 30 heavy (non-hydrogen) atoms. The van der Waals surface area contributed by atoms with E-state index in [1.165, 1.54) is 18.2 Å². The minimum atomic E-state index is -4.51. The number of carboxylic acid groups (broad SMARTS) is 1. The van der Waals surface area contributed by atoms with Crippen molar-refractivity contribution in [1.29, 1.82) is 0 Å². The van der Waals surface area contributed by atoms with Crippen LogP contribution in [0.5, 0.6) is 17.2 Å². The third-order valence-corrected chi connectivity index (χ3v) is 3.88. The van der Waals surface area contributed by atoms with Gasteiger partial charge in [0.1, 0.15) is 35.5 Å². The fourth-order valence-electron chi connectivity index (χ4n) is 2.22. The standard InChI is InChI=1S/C18H14ClF6NO4/c19-14-8-12(30-13-6-10(20)5-11(21)7-13)1-2-15(14)29-4-3-26(17(27)28)9-18(24,25)16(22)23/h1-2,5-8,16H,3-4,9H2,(H,27,28). The van der Waals surface area contributed by atoms with Gasteiger partial charge in [0.2, 0.25) is 0 Å². The highest BCUT2D eigenvalue weighted by Gasteiger charge is 2.43. The van der Waals surface area contributed by atoms with E-state index >= 15 is 0 Å². The minimum Gasteiger partial charge on any atom is -0.490 e. The Morgan fingerprint density at radius 3 is 2.27 bits per heavy atom. The molecule has 0 aliphatic rings. The molecule has 2 rings (SSSR count). The first-order valence-corrected chi connectivity index (χ1v) is 8.56. The molecule has 0 fully saturated rings. The molecular weight excluding hydrogens is 444 g/mol. The lowest BCUT2D eigenvalue weighted by Gasteiger charge is -2.24. The van der Waals surface area contributed by atoms with Crippen LogP contribution in [-0.2, 0) is 0 Å². The third-order valence-electron chi connectivity index (χ3n) is 3.59. The fraction of sp³-hybridized carbons (Fsp3) is 0.278. The van der Waals surface area contributed by atoms with Gasteiger partial charge in [0.25, 0.3) is 0 Å². The van der Waals surface area contributed by atoms with Crippen LogP contribution in [0.2, 0.25) is 5.02 Å². The van der Waals surface area contributed by atoms with E-state index in [0.717, 1.165) is 12.1 Å². The summed E-state index contributed by atoms with van der Waals surface area (Å²) in [5.41, 5.74) is 0. The average molecular weight is 458 g/mol. The Morgan fingerprint density at radius 2 is 1.73 bits per heavy atom. The summed E-state index contributed by atoms with van der Waals surface area (Å²) in [6, 6.07) is 6.39. The minimum absolute atomic E-state index is 0.0143. The van der Waals surface area contributed by atoms with Gasteiger partial charge in [-0.2, -0.15) is 8.78 Å². The van der Waals surface area contributed by atoms with Gasteiger partial charge in [-0.05, 0) is 12.1 Å². The summed E-state index contributed by atoms with van der Waals surface area (Å²) in [5.74, 6) is -6.23. The van der Waals surface area contributed by atoms with Gasteiger partial charge >= 0.3 is 18.4 Å². The highest BCUT2D eigenvalue weighted by atomic mass is 35.5. The van der Waals surface area contributed by atoms with Crippen LogP contribution in [0.25, 0.3) is 0 Å². The number of carbonyl (C=O) groups is 1. The molecule has 0 unspecified atom stereocenters. The number of benzene rings is 2. The van der Waals surface area contributed by atoms with Crippen molar-refractivity contribution in [2.24, 2.45) is 0 Å². The Kier molecular flexibility index (Phi) is 7.65. The van der Waals surface area contributed by atoms with Crippen LogP contribution in [0.4, 0.5) is 31.1 Å². The zero-order valence-corrected chi connectivity index (χ0v) is 15.7. The van der Waals surface area contributed by atoms with Crippen molar-refractivity contribution in [2.75, 3.05) is 19.7 Å². The molecule has 12 heteroatoms. The number of amides is 1. The van der Waals surface area contributed by atoms with Gasteiger partial charge in [0.05, 0.1) is 18.1 Å². The maximum Gasteiger partial charge on any atom is 0.407 e. The van der Waals surface area contributed by atoms with Gasteiger partial charge < -0.3 is 14.6 Å². The van der Waals surface area contributed by atoms with Crippen molar-refractivity contribution in [2.45, 2.75) is 12.3 Å². The smallest absolute Gasteiger partial charge is 0.407 e. The van der Waals surface area contributed by atoms with Gasteiger partial charge in [0, 0.05) is 24.3 Å². The Balaban J connectivity index is 1.97. The fourth-order valence-corrected chi connectivity index (χ4v) is 2.44. The SMILES string of the molecule is O=C(O)N(CCOc1ccc(Oc2cc(F)cc(F)c2)cc1Cl)CC(F)(F)C(F)F.